The monoisotopic (exact) mass is 407 g/mol. The summed E-state index contributed by atoms with van der Waals surface area (Å²) in [6.45, 7) is 3.40. The van der Waals surface area contributed by atoms with Crippen molar-refractivity contribution in [1.29, 1.82) is 0 Å². The van der Waals surface area contributed by atoms with E-state index in [9.17, 15) is 9.18 Å². The number of rotatable bonds is 7. The second kappa shape index (κ2) is 9.75. The van der Waals surface area contributed by atoms with E-state index in [1.165, 1.54) is 21.1 Å². The number of carbonyl (C=O) groups is 1. The second-order valence-electron chi connectivity index (χ2n) is 5.58. The van der Waals surface area contributed by atoms with Gasteiger partial charge < -0.3 is 15.0 Å². The van der Waals surface area contributed by atoms with Crippen molar-refractivity contribution in [3.8, 4) is 0 Å². The number of carbonyl (C=O) groups excluding carboxylic acids is 1. The summed E-state index contributed by atoms with van der Waals surface area (Å²) in [5.74, 6) is -1.19. The van der Waals surface area contributed by atoms with Crippen molar-refractivity contribution in [2.24, 2.45) is 10.3 Å². The molecule has 0 fully saturated rings. The fraction of sp³-hybridized carbons (Fsp3) is 0.278. The fourth-order valence-corrected chi connectivity index (χ4v) is 2.51. The molecule has 8 nitrogen and oxygen atoms in total. The number of likely N-dealkylation sites (N-methyl/N-ethyl adjacent to an activating group) is 1. The summed E-state index contributed by atoms with van der Waals surface area (Å²) in [4.78, 5) is 29.7. The van der Waals surface area contributed by atoms with Crippen LogP contribution in [0.4, 0.5) is 4.39 Å². The summed E-state index contributed by atoms with van der Waals surface area (Å²) in [6.07, 6.45) is 1.13. The van der Waals surface area contributed by atoms with E-state index >= 15 is 0 Å². The Labute approximate surface area is 166 Å². The first-order valence-electron chi connectivity index (χ1n) is 8.15. The van der Waals surface area contributed by atoms with E-state index in [-0.39, 0.29) is 28.9 Å². The van der Waals surface area contributed by atoms with E-state index in [0.717, 1.165) is 11.9 Å². The standard InChI is InChI=1S/C18H19ClFN5O3/c1-10-6-5-7-12(16(25-27-4)18(26)21-3)13(10)8-28-24-11(2)15-14(20)17(19)23-9-22-15/h5-7,9H,8H2,1-4H3,(H,21,26)/b24-11+,25-16+. The summed E-state index contributed by atoms with van der Waals surface area (Å²) in [5.41, 5.74) is 2.30. The van der Waals surface area contributed by atoms with Crippen molar-refractivity contribution in [1.82, 2.24) is 15.3 Å². The maximum absolute atomic E-state index is 14.0. The first-order valence-corrected chi connectivity index (χ1v) is 8.53. The highest BCUT2D eigenvalue weighted by Gasteiger charge is 2.19. The lowest BCUT2D eigenvalue weighted by Crippen LogP contribution is -2.29. The van der Waals surface area contributed by atoms with E-state index < -0.39 is 11.7 Å². The van der Waals surface area contributed by atoms with Crippen LogP contribution in [-0.4, -0.2) is 41.5 Å². The zero-order valence-corrected chi connectivity index (χ0v) is 16.5. The molecular formula is C18H19ClFN5O3. The minimum Gasteiger partial charge on any atom is -0.398 e. The zero-order valence-electron chi connectivity index (χ0n) is 15.8. The highest BCUT2D eigenvalue weighted by Crippen LogP contribution is 2.18. The first-order chi connectivity index (χ1) is 13.4. The van der Waals surface area contributed by atoms with E-state index in [1.807, 2.05) is 13.0 Å². The van der Waals surface area contributed by atoms with Crippen LogP contribution < -0.4 is 5.32 Å². The van der Waals surface area contributed by atoms with Crippen LogP contribution in [0.3, 0.4) is 0 Å². The third-order valence-electron chi connectivity index (χ3n) is 3.79. The predicted molar refractivity (Wildman–Crippen MR) is 103 cm³/mol. The van der Waals surface area contributed by atoms with Gasteiger partial charge in [-0.25, -0.2) is 14.4 Å². The molecule has 28 heavy (non-hydrogen) atoms. The number of halogens is 2. The van der Waals surface area contributed by atoms with Gasteiger partial charge in [0.2, 0.25) is 0 Å². The van der Waals surface area contributed by atoms with Gasteiger partial charge in [0.25, 0.3) is 5.91 Å². The van der Waals surface area contributed by atoms with Crippen molar-refractivity contribution >= 4 is 28.9 Å². The van der Waals surface area contributed by atoms with Crippen molar-refractivity contribution in [3.63, 3.8) is 0 Å². The van der Waals surface area contributed by atoms with E-state index in [1.54, 1.807) is 12.1 Å². The van der Waals surface area contributed by atoms with Crippen LogP contribution >= 0.6 is 11.6 Å². The summed E-state index contributed by atoms with van der Waals surface area (Å²) in [7, 11) is 2.85. The van der Waals surface area contributed by atoms with Gasteiger partial charge in [0.15, 0.2) is 16.7 Å². The molecule has 0 saturated heterocycles. The Balaban J connectivity index is 2.31. The number of amides is 1. The minimum atomic E-state index is -0.778. The van der Waals surface area contributed by atoms with Crippen LogP contribution in [0.1, 0.15) is 29.3 Å². The molecule has 1 aromatic heterocycles. The second-order valence-corrected chi connectivity index (χ2v) is 5.94. The SMILES string of the molecule is CNC(=O)/C(=N/OC)c1cccc(C)c1CO/N=C(\C)c1ncnc(Cl)c1F. The molecule has 1 aromatic carbocycles. The molecule has 0 unspecified atom stereocenters. The fourth-order valence-electron chi connectivity index (χ4n) is 2.38. The molecule has 0 bridgehead atoms. The Kier molecular flexibility index (Phi) is 7.39. The van der Waals surface area contributed by atoms with Crippen LogP contribution in [0.5, 0.6) is 0 Å². The number of hydrogen-bond donors (Lipinski definition) is 1. The molecule has 1 heterocycles. The third kappa shape index (κ3) is 4.80. The third-order valence-corrected chi connectivity index (χ3v) is 4.05. The average molecular weight is 408 g/mol. The van der Waals surface area contributed by atoms with E-state index in [0.29, 0.717) is 11.1 Å². The molecule has 0 saturated carbocycles. The number of oxime groups is 2. The number of hydrogen-bond acceptors (Lipinski definition) is 7. The number of aryl methyl sites for hydroxylation is 1. The quantitative estimate of drug-likeness (QED) is 0.432. The Morgan fingerprint density at radius 3 is 2.75 bits per heavy atom. The average Bonchev–Trinajstić information content (AvgIpc) is 2.68. The van der Waals surface area contributed by atoms with Gasteiger partial charge in [-0.1, -0.05) is 40.1 Å². The molecule has 0 radical (unpaired) electrons. The minimum absolute atomic E-state index is 0.0134. The summed E-state index contributed by atoms with van der Waals surface area (Å²) >= 11 is 5.65. The number of nitrogens with zero attached hydrogens (tertiary/aromatic N) is 4. The number of benzene rings is 1. The van der Waals surface area contributed by atoms with Crippen LogP contribution in [-0.2, 0) is 21.1 Å². The lowest BCUT2D eigenvalue weighted by Gasteiger charge is -2.13. The molecule has 2 aromatic rings. The first kappa shape index (κ1) is 21.2. The summed E-state index contributed by atoms with van der Waals surface area (Å²) in [5, 5.41) is 9.93. The largest absolute Gasteiger partial charge is 0.398 e. The van der Waals surface area contributed by atoms with Crippen molar-refractivity contribution in [2.45, 2.75) is 20.5 Å². The van der Waals surface area contributed by atoms with Gasteiger partial charge in [-0.3, -0.25) is 4.79 Å². The van der Waals surface area contributed by atoms with Gasteiger partial charge >= 0.3 is 0 Å². The van der Waals surface area contributed by atoms with Gasteiger partial charge in [0, 0.05) is 18.2 Å². The van der Waals surface area contributed by atoms with Crippen molar-refractivity contribution < 1.29 is 18.9 Å². The van der Waals surface area contributed by atoms with E-state index in [4.69, 9.17) is 21.3 Å². The molecule has 0 aliphatic rings. The number of aromatic nitrogens is 2. The molecule has 10 heteroatoms. The smallest absolute Gasteiger partial charge is 0.273 e. The lowest BCUT2D eigenvalue weighted by molar-refractivity contribution is -0.114. The maximum atomic E-state index is 14.0. The molecule has 1 amide bonds. The van der Waals surface area contributed by atoms with Crippen molar-refractivity contribution in [2.75, 3.05) is 14.2 Å². The Hall–Kier alpha value is -3.07. The van der Waals surface area contributed by atoms with Gasteiger partial charge in [-0.15, -0.1) is 0 Å². The van der Waals surface area contributed by atoms with Gasteiger partial charge in [0.05, 0.1) is 0 Å². The molecule has 0 aliphatic carbocycles. The van der Waals surface area contributed by atoms with Crippen LogP contribution in [0.2, 0.25) is 5.15 Å². The lowest BCUT2D eigenvalue weighted by atomic mass is 9.98. The zero-order chi connectivity index (χ0) is 20.7. The highest BCUT2D eigenvalue weighted by molar-refractivity contribution is 6.45. The normalized spacial score (nSPS) is 11.9. The van der Waals surface area contributed by atoms with Gasteiger partial charge in [0.1, 0.15) is 31.4 Å². The molecule has 148 valence electrons. The molecule has 2 rings (SSSR count). The van der Waals surface area contributed by atoms with Crippen LogP contribution in [0.25, 0.3) is 0 Å². The number of nitrogens with one attached hydrogen (secondary N) is 1. The summed E-state index contributed by atoms with van der Waals surface area (Å²) in [6, 6.07) is 5.37. The molecule has 0 spiro atoms. The highest BCUT2D eigenvalue weighted by atomic mass is 35.5. The molecular weight excluding hydrogens is 389 g/mol. The van der Waals surface area contributed by atoms with Gasteiger partial charge in [-0.2, -0.15) is 0 Å². The molecule has 1 N–H and O–H groups in total. The Morgan fingerprint density at radius 2 is 2.07 bits per heavy atom. The maximum Gasteiger partial charge on any atom is 0.273 e. The topological polar surface area (TPSA) is 98.1 Å². The molecule has 0 atom stereocenters. The van der Waals surface area contributed by atoms with Crippen LogP contribution in [0, 0.1) is 12.7 Å². The van der Waals surface area contributed by atoms with E-state index in [2.05, 4.69) is 25.6 Å². The summed E-state index contributed by atoms with van der Waals surface area (Å²) < 4.78 is 14.0. The Morgan fingerprint density at radius 1 is 1.32 bits per heavy atom. The van der Waals surface area contributed by atoms with Crippen LogP contribution in [0.15, 0.2) is 34.8 Å². The predicted octanol–water partition coefficient (Wildman–Crippen LogP) is 2.61. The van der Waals surface area contributed by atoms with Gasteiger partial charge in [-0.05, 0) is 19.4 Å². The van der Waals surface area contributed by atoms with Crippen molar-refractivity contribution in [3.05, 3.63) is 57.9 Å². The molecule has 0 aliphatic heterocycles. The Bertz CT molecular complexity index is 933.